The molecule has 0 unspecified atom stereocenters. The Bertz CT molecular complexity index is 1120. The summed E-state index contributed by atoms with van der Waals surface area (Å²) < 4.78 is 25.4. The zero-order valence-corrected chi connectivity index (χ0v) is 18.4. The van der Waals surface area contributed by atoms with Crippen molar-refractivity contribution in [3.05, 3.63) is 88.2 Å². The molecule has 1 N–H and O–H groups in total. The molecule has 0 atom stereocenters. The van der Waals surface area contributed by atoms with E-state index < -0.39 is 22.5 Å². The molecular formula is C21H19Cl2N3O3S. The first-order valence-electron chi connectivity index (χ1n) is 8.92. The summed E-state index contributed by atoms with van der Waals surface area (Å²) in [6.45, 7) is -0.408. The minimum Gasteiger partial charge on any atom is -0.325 e. The van der Waals surface area contributed by atoms with E-state index in [9.17, 15) is 13.2 Å². The van der Waals surface area contributed by atoms with Crippen molar-refractivity contribution >= 4 is 50.5 Å². The lowest BCUT2D eigenvalue weighted by molar-refractivity contribution is -0.114. The maximum Gasteiger partial charge on any atom is 0.245 e. The van der Waals surface area contributed by atoms with Gasteiger partial charge in [0.05, 0.1) is 11.9 Å². The molecule has 156 valence electrons. The van der Waals surface area contributed by atoms with Gasteiger partial charge in [-0.15, -0.1) is 0 Å². The lowest BCUT2D eigenvalue weighted by Crippen LogP contribution is -2.37. The van der Waals surface area contributed by atoms with Gasteiger partial charge in [0.25, 0.3) is 0 Å². The molecular weight excluding hydrogens is 445 g/mol. The largest absolute Gasteiger partial charge is 0.325 e. The molecule has 0 spiro atoms. The molecule has 30 heavy (non-hydrogen) atoms. The Kier molecular flexibility index (Phi) is 6.97. The molecule has 0 radical (unpaired) electrons. The van der Waals surface area contributed by atoms with E-state index in [2.05, 4.69) is 10.3 Å². The number of halogens is 2. The number of sulfonamides is 1. The van der Waals surface area contributed by atoms with Crippen LogP contribution in [0.4, 0.5) is 11.4 Å². The smallest absolute Gasteiger partial charge is 0.245 e. The zero-order valence-electron chi connectivity index (χ0n) is 16.0. The molecule has 3 rings (SSSR count). The van der Waals surface area contributed by atoms with Crippen molar-refractivity contribution in [3.63, 3.8) is 0 Å². The Morgan fingerprint density at radius 2 is 1.53 bits per heavy atom. The molecule has 0 saturated heterocycles. The Hall–Kier alpha value is -2.61. The molecule has 1 heterocycles. The molecule has 0 aliphatic rings. The molecule has 0 aliphatic carbocycles. The van der Waals surface area contributed by atoms with E-state index in [1.54, 1.807) is 24.5 Å². The number of carbonyl (C=O) groups excluding carboxylic acids is 1. The molecule has 0 saturated carbocycles. The van der Waals surface area contributed by atoms with Crippen molar-refractivity contribution in [1.82, 2.24) is 4.98 Å². The first-order valence-corrected chi connectivity index (χ1v) is 11.5. The highest BCUT2D eigenvalue weighted by atomic mass is 35.5. The number of hydrogen-bond donors (Lipinski definition) is 1. The monoisotopic (exact) mass is 463 g/mol. The molecule has 6 nitrogen and oxygen atoms in total. The number of hydrogen-bond acceptors (Lipinski definition) is 4. The lowest BCUT2D eigenvalue weighted by atomic mass is 10.1. The number of nitrogens with one attached hydrogen (secondary N) is 1. The van der Waals surface area contributed by atoms with Crippen molar-refractivity contribution in [2.75, 3.05) is 22.4 Å². The van der Waals surface area contributed by atoms with Gasteiger partial charge in [0.1, 0.15) is 6.54 Å². The van der Waals surface area contributed by atoms with E-state index in [-0.39, 0.29) is 15.7 Å². The predicted octanol–water partition coefficient (Wildman–Crippen LogP) is 4.38. The number of anilines is 2. The Morgan fingerprint density at radius 3 is 2.10 bits per heavy atom. The third-order valence-electron chi connectivity index (χ3n) is 4.22. The standard InChI is InChI=1S/C21H19Cl2N3O3S/c1-30(28,29)26(20-12-17(22)11-18(23)13-20)14-21(27)25-19-4-2-15(3-5-19)10-16-6-8-24-9-7-16/h2-9,11-13H,10,14H2,1H3,(H,25,27). The van der Waals surface area contributed by atoms with Gasteiger partial charge >= 0.3 is 0 Å². The van der Waals surface area contributed by atoms with Crippen molar-refractivity contribution in [3.8, 4) is 0 Å². The number of amides is 1. The van der Waals surface area contributed by atoms with Crippen LogP contribution in [-0.2, 0) is 21.2 Å². The number of aromatic nitrogens is 1. The predicted molar refractivity (Wildman–Crippen MR) is 121 cm³/mol. The van der Waals surface area contributed by atoms with Crippen LogP contribution < -0.4 is 9.62 Å². The molecule has 9 heteroatoms. The molecule has 1 aromatic heterocycles. The van der Waals surface area contributed by atoms with E-state index in [1.165, 1.54) is 18.2 Å². The maximum atomic E-state index is 12.5. The van der Waals surface area contributed by atoms with Gasteiger partial charge in [0, 0.05) is 28.1 Å². The number of rotatable bonds is 7. The molecule has 0 fully saturated rings. The fourth-order valence-electron chi connectivity index (χ4n) is 2.86. The van der Waals surface area contributed by atoms with Gasteiger partial charge in [-0.25, -0.2) is 8.42 Å². The normalized spacial score (nSPS) is 11.2. The van der Waals surface area contributed by atoms with Gasteiger partial charge in [0.15, 0.2) is 0 Å². The van der Waals surface area contributed by atoms with Crippen molar-refractivity contribution in [2.24, 2.45) is 0 Å². The second kappa shape index (κ2) is 9.47. The molecule has 1 amide bonds. The lowest BCUT2D eigenvalue weighted by Gasteiger charge is -2.22. The van der Waals surface area contributed by atoms with E-state index in [4.69, 9.17) is 23.2 Å². The van der Waals surface area contributed by atoms with Crippen molar-refractivity contribution < 1.29 is 13.2 Å². The van der Waals surface area contributed by atoms with Gasteiger partial charge in [-0.05, 0) is 60.0 Å². The molecule has 0 aliphatic heterocycles. The topological polar surface area (TPSA) is 79.4 Å². The summed E-state index contributed by atoms with van der Waals surface area (Å²) in [5.41, 5.74) is 2.99. The van der Waals surface area contributed by atoms with Crippen LogP contribution >= 0.6 is 23.2 Å². The van der Waals surface area contributed by atoms with Crippen molar-refractivity contribution in [2.45, 2.75) is 6.42 Å². The SMILES string of the molecule is CS(=O)(=O)N(CC(=O)Nc1ccc(Cc2ccncc2)cc1)c1cc(Cl)cc(Cl)c1. The molecule has 3 aromatic rings. The van der Waals surface area contributed by atoms with E-state index in [0.29, 0.717) is 5.69 Å². The summed E-state index contributed by atoms with van der Waals surface area (Å²) in [5, 5.41) is 3.26. The first kappa shape index (κ1) is 22.1. The van der Waals surface area contributed by atoms with Gasteiger partial charge < -0.3 is 5.32 Å². The number of pyridine rings is 1. The Balaban J connectivity index is 1.69. The highest BCUT2D eigenvalue weighted by Crippen LogP contribution is 2.27. The number of nitrogens with zero attached hydrogens (tertiary/aromatic N) is 2. The Labute approximate surface area is 185 Å². The third-order valence-corrected chi connectivity index (χ3v) is 5.80. The highest BCUT2D eigenvalue weighted by Gasteiger charge is 2.21. The van der Waals surface area contributed by atoms with Crippen molar-refractivity contribution in [1.29, 1.82) is 0 Å². The van der Waals surface area contributed by atoms with Crippen LogP contribution in [0, 0.1) is 0 Å². The van der Waals surface area contributed by atoms with Crippen LogP contribution in [0.2, 0.25) is 10.0 Å². The number of carbonyl (C=O) groups is 1. The minimum absolute atomic E-state index is 0.220. The van der Waals surface area contributed by atoms with Crippen LogP contribution in [0.1, 0.15) is 11.1 Å². The quantitative estimate of drug-likeness (QED) is 0.563. The zero-order chi connectivity index (χ0) is 21.7. The number of benzene rings is 2. The van der Waals surface area contributed by atoms with Crippen LogP contribution in [-0.4, -0.2) is 32.1 Å². The van der Waals surface area contributed by atoms with Crippen LogP contribution in [0.3, 0.4) is 0 Å². The van der Waals surface area contributed by atoms with Crippen LogP contribution in [0.5, 0.6) is 0 Å². The van der Waals surface area contributed by atoms with Gasteiger partial charge in [-0.3, -0.25) is 14.1 Å². The van der Waals surface area contributed by atoms with Crippen LogP contribution in [0.25, 0.3) is 0 Å². The molecule has 0 bridgehead atoms. The third kappa shape index (κ3) is 6.19. The van der Waals surface area contributed by atoms with Gasteiger partial charge in [0.2, 0.25) is 15.9 Å². The minimum atomic E-state index is -3.73. The summed E-state index contributed by atoms with van der Waals surface area (Å²) in [5.74, 6) is -0.488. The fraction of sp³-hybridized carbons (Fsp3) is 0.143. The first-order chi connectivity index (χ1) is 14.2. The highest BCUT2D eigenvalue weighted by molar-refractivity contribution is 7.92. The second-order valence-corrected chi connectivity index (χ2v) is 9.45. The summed E-state index contributed by atoms with van der Waals surface area (Å²) in [6, 6.07) is 15.6. The molecule has 2 aromatic carbocycles. The summed E-state index contributed by atoms with van der Waals surface area (Å²) in [4.78, 5) is 16.5. The van der Waals surface area contributed by atoms with Crippen LogP contribution in [0.15, 0.2) is 67.0 Å². The average Bonchev–Trinajstić information content (AvgIpc) is 2.67. The van der Waals surface area contributed by atoms with Gasteiger partial charge in [-0.2, -0.15) is 0 Å². The second-order valence-electron chi connectivity index (χ2n) is 6.67. The summed E-state index contributed by atoms with van der Waals surface area (Å²) in [7, 11) is -3.73. The van der Waals surface area contributed by atoms with E-state index in [1.807, 2.05) is 24.3 Å². The Morgan fingerprint density at radius 1 is 0.967 bits per heavy atom. The maximum absolute atomic E-state index is 12.5. The summed E-state index contributed by atoms with van der Waals surface area (Å²) >= 11 is 11.9. The van der Waals surface area contributed by atoms with Gasteiger partial charge in [-0.1, -0.05) is 35.3 Å². The average molecular weight is 464 g/mol. The fourth-order valence-corrected chi connectivity index (χ4v) is 4.21. The van der Waals surface area contributed by atoms with E-state index in [0.717, 1.165) is 28.1 Å². The van der Waals surface area contributed by atoms with E-state index >= 15 is 0 Å². The summed E-state index contributed by atoms with van der Waals surface area (Å²) in [6.07, 6.45) is 5.24.